The number of aryl methyl sites for hydroxylation is 1. The molecule has 0 saturated carbocycles. The summed E-state index contributed by atoms with van der Waals surface area (Å²) in [5.41, 5.74) is 4.14. The number of ether oxygens (including phenoxy) is 1. The molecule has 0 unspecified atom stereocenters. The number of anilines is 1. The van der Waals surface area contributed by atoms with E-state index in [1.165, 1.54) is 16.9 Å². The molecule has 34 heavy (non-hydrogen) atoms. The predicted octanol–water partition coefficient (Wildman–Crippen LogP) is 5.47. The molecule has 1 aliphatic rings. The van der Waals surface area contributed by atoms with Crippen LogP contribution >= 0.6 is 11.3 Å². The van der Waals surface area contributed by atoms with E-state index in [2.05, 4.69) is 12.1 Å². The molecule has 172 valence electrons. The maximum absolute atomic E-state index is 13.0. The topological polar surface area (TPSA) is 58.6 Å². The summed E-state index contributed by atoms with van der Waals surface area (Å²) in [6, 6.07) is 21.9. The van der Waals surface area contributed by atoms with E-state index >= 15 is 0 Å². The van der Waals surface area contributed by atoms with Gasteiger partial charge < -0.3 is 14.5 Å². The minimum atomic E-state index is 0.0345. The summed E-state index contributed by atoms with van der Waals surface area (Å²) in [5, 5.41) is 1.93. The summed E-state index contributed by atoms with van der Waals surface area (Å²) in [7, 11) is 1.99. The summed E-state index contributed by atoms with van der Waals surface area (Å²) >= 11 is 1.46. The Hall–Kier alpha value is -3.71. The van der Waals surface area contributed by atoms with Crippen molar-refractivity contribution in [2.75, 3.05) is 18.5 Å². The summed E-state index contributed by atoms with van der Waals surface area (Å²) in [4.78, 5) is 27.3. The maximum atomic E-state index is 13.0. The largest absolute Gasteiger partial charge is 0.438 e. The van der Waals surface area contributed by atoms with Gasteiger partial charge in [0, 0.05) is 26.6 Å². The van der Waals surface area contributed by atoms with Gasteiger partial charge in [-0.2, -0.15) is 4.98 Å². The highest BCUT2D eigenvalue weighted by Gasteiger charge is 2.28. The quantitative estimate of drug-likeness (QED) is 0.374. The lowest BCUT2D eigenvalue weighted by Crippen LogP contribution is -2.36. The zero-order valence-electron chi connectivity index (χ0n) is 19.3. The second-order valence-electron chi connectivity index (χ2n) is 8.46. The highest BCUT2D eigenvalue weighted by molar-refractivity contribution is 7.12. The number of carbonyl (C=O) groups is 1. The van der Waals surface area contributed by atoms with Crippen molar-refractivity contribution in [3.63, 3.8) is 0 Å². The molecule has 5 rings (SSSR count). The number of aromatic nitrogens is 2. The van der Waals surface area contributed by atoms with Gasteiger partial charge in [-0.3, -0.25) is 4.79 Å². The van der Waals surface area contributed by atoms with E-state index in [0.29, 0.717) is 43.6 Å². The van der Waals surface area contributed by atoms with Crippen molar-refractivity contribution in [1.29, 1.82) is 0 Å². The number of benzene rings is 2. The summed E-state index contributed by atoms with van der Waals surface area (Å²) in [6.45, 7) is 3.77. The van der Waals surface area contributed by atoms with Gasteiger partial charge in [0.1, 0.15) is 5.75 Å². The fraction of sp³-hybridized carbons (Fsp3) is 0.222. The smallest absolute Gasteiger partial charge is 0.264 e. The van der Waals surface area contributed by atoms with Crippen molar-refractivity contribution >= 4 is 23.2 Å². The third kappa shape index (κ3) is 4.79. The molecule has 2 aromatic carbocycles. The molecule has 1 aliphatic heterocycles. The number of hydrogen-bond acceptors (Lipinski definition) is 6. The number of fused-ring (bicyclic) bond motifs is 1. The van der Waals surface area contributed by atoms with Crippen LogP contribution in [-0.4, -0.2) is 34.4 Å². The van der Waals surface area contributed by atoms with Gasteiger partial charge in [-0.1, -0.05) is 54.1 Å². The van der Waals surface area contributed by atoms with Crippen molar-refractivity contribution < 1.29 is 9.53 Å². The molecule has 0 fully saturated rings. The van der Waals surface area contributed by atoms with Crippen LogP contribution in [0.1, 0.15) is 32.1 Å². The molecule has 7 heteroatoms. The van der Waals surface area contributed by atoms with Crippen LogP contribution in [0.5, 0.6) is 11.6 Å². The summed E-state index contributed by atoms with van der Waals surface area (Å²) in [5.74, 6) is 1.87. The summed E-state index contributed by atoms with van der Waals surface area (Å²) < 4.78 is 6.28. The average Bonchev–Trinajstić information content (AvgIpc) is 3.40. The molecule has 6 nitrogen and oxygen atoms in total. The Labute approximate surface area is 203 Å². The minimum absolute atomic E-state index is 0.0345. The fourth-order valence-corrected chi connectivity index (χ4v) is 4.69. The average molecular weight is 471 g/mol. The van der Waals surface area contributed by atoms with Gasteiger partial charge in [0.15, 0.2) is 0 Å². The first-order valence-corrected chi connectivity index (χ1v) is 12.2. The Morgan fingerprint density at radius 1 is 1.06 bits per heavy atom. The van der Waals surface area contributed by atoms with Crippen LogP contribution in [0, 0.1) is 6.92 Å². The van der Waals surface area contributed by atoms with Crippen molar-refractivity contribution in [2.45, 2.75) is 26.4 Å². The Morgan fingerprint density at radius 2 is 1.85 bits per heavy atom. The second kappa shape index (κ2) is 9.65. The van der Waals surface area contributed by atoms with Crippen LogP contribution in [0.4, 0.5) is 5.95 Å². The third-order valence-corrected chi connectivity index (χ3v) is 6.73. The van der Waals surface area contributed by atoms with Crippen LogP contribution < -0.4 is 9.64 Å². The first-order chi connectivity index (χ1) is 16.6. The van der Waals surface area contributed by atoms with Gasteiger partial charge in [0.2, 0.25) is 11.8 Å². The zero-order chi connectivity index (χ0) is 23.5. The van der Waals surface area contributed by atoms with Gasteiger partial charge in [0.25, 0.3) is 5.91 Å². The van der Waals surface area contributed by atoms with Crippen LogP contribution in [0.25, 0.3) is 0 Å². The Morgan fingerprint density at radius 3 is 2.59 bits per heavy atom. The molecular formula is C27H26N4O2S. The van der Waals surface area contributed by atoms with E-state index in [0.717, 1.165) is 21.7 Å². The lowest BCUT2D eigenvalue weighted by atomic mass is 10.1. The van der Waals surface area contributed by atoms with E-state index in [-0.39, 0.29) is 5.91 Å². The molecular weight excluding hydrogens is 444 g/mol. The molecule has 0 radical (unpaired) electrons. The zero-order valence-corrected chi connectivity index (χ0v) is 20.1. The van der Waals surface area contributed by atoms with Crippen molar-refractivity contribution in [2.24, 2.45) is 0 Å². The number of nitrogens with zero attached hydrogens (tertiary/aromatic N) is 4. The Bertz CT molecular complexity index is 1270. The highest BCUT2D eigenvalue weighted by atomic mass is 32.1. The molecule has 1 amide bonds. The van der Waals surface area contributed by atoms with Gasteiger partial charge in [-0.25, -0.2) is 4.98 Å². The highest BCUT2D eigenvalue weighted by Crippen LogP contribution is 2.32. The Balaban J connectivity index is 1.47. The molecule has 0 spiro atoms. The molecule has 0 bridgehead atoms. The van der Waals surface area contributed by atoms with E-state index in [1.807, 2.05) is 83.7 Å². The number of thiophene rings is 1. The molecule has 3 heterocycles. The predicted molar refractivity (Wildman–Crippen MR) is 135 cm³/mol. The normalized spacial score (nSPS) is 12.8. The molecule has 2 aromatic heterocycles. The van der Waals surface area contributed by atoms with Crippen LogP contribution in [-0.2, 0) is 19.5 Å². The second-order valence-corrected chi connectivity index (χ2v) is 9.41. The van der Waals surface area contributed by atoms with Gasteiger partial charge in [-0.05, 0) is 36.1 Å². The SMILES string of the molecule is Cc1ccc(Oc2nc(N(C)Cc3ccccc3)nc3c2CN(C(=O)c2cccs2)CC3)cc1. The lowest BCUT2D eigenvalue weighted by Gasteiger charge is -2.30. The fourth-order valence-electron chi connectivity index (χ4n) is 4.00. The molecule has 0 N–H and O–H groups in total. The van der Waals surface area contributed by atoms with Crippen molar-refractivity contribution in [1.82, 2.24) is 14.9 Å². The maximum Gasteiger partial charge on any atom is 0.264 e. The number of rotatable bonds is 6. The number of amides is 1. The number of hydrogen-bond donors (Lipinski definition) is 0. The standard InChI is InChI=1S/C27H26N4O2S/c1-19-10-12-21(13-11-19)33-25-22-18-31(26(32)24-9-6-16-34-24)15-14-23(22)28-27(29-25)30(2)17-20-7-4-3-5-8-20/h3-13,16H,14-15,17-18H2,1-2H3. The lowest BCUT2D eigenvalue weighted by molar-refractivity contribution is 0.0737. The first kappa shape index (κ1) is 22.1. The monoisotopic (exact) mass is 470 g/mol. The molecule has 4 aromatic rings. The number of carbonyl (C=O) groups excluding carboxylic acids is 1. The van der Waals surface area contributed by atoms with Crippen LogP contribution in [0.15, 0.2) is 72.1 Å². The third-order valence-electron chi connectivity index (χ3n) is 5.87. The van der Waals surface area contributed by atoms with Gasteiger partial charge in [-0.15, -0.1) is 11.3 Å². The van der Waals surface area contributed by atoms with Crippen LogP contribution in [0.3, 0.4) is 0 Å². The van der Waals surface area contributed by atoms with Crippen molar-refractivity contribution in [3.8, 4) is 11.6 Å². The first-order valence-electron chi connectivity index (χ1n) is 11.3. The molecule has 0 saturated heterocycles. The summed E-state index contributed by atoms with van der Waals surface area (Å²) in [6.07, 6.45) is 0.658. The van der Waals surface area contributed by atoms with Crippen molar-refractivity contribution in [3.05, 3.63) is 99.4 Å². The molecule has 0 aliphatic carbocycles. The van der Waals surface area contributed by atoms with E-state index in [9.17, 15) is 4.79 Å². The van der Waals surface area contributed by atoms with E-state index < -0.39 is 0 Å². The van der Waals surface area contributed by atoms with Gasteiger partial charge in [0.05, 0.1) is 22.7 Å². The molecule has 0 atom stereocenters. The minimum Gasteiger partial charge on any atom is -0.438 e. The Kier molecular flexibility index (Phi) is 6.27. The van der Waals surface area contributed by atoms with E-state index in [4.69, 9.17) is 14.7 Å². The van der Waals surface area contributed by atoms with Gasteiger partial charge >= 0.3 is 0 Å². The van der Waals surface area contributed by atoms with E-state index in [1.54, 1.807) is 0 Å². The van der Waals surface area contributed by atoms with Crippen LogP contribution in [0.2, 0.25) is 0 Å².